The number of ether oxygens (including phenoxy) is 1. The van der Waals surface area contributed by atoms with E-state index in [1.54, 1.807) is 0 Å². The summed E-state index contributed by atoms with van der Waals surface area (Å²) in [4.78, 5) is 23.3. The second-order valence-corrected chi connectivity index (χ2v) is 9.07. The summed E-state index contributed by atoms with van der Waals surface area (Å²) >= 11 is -0.0348. The third-order valence-corrected chi connectivity index (χ3v) is 5.47. The molecule has 0 saturated heterocycles. The number of carbonyl (C=O) groups is 2. The minimum atomic E-state index is -0.549. The first-order valence-electron chi connectivity index (χ1n) is 7.39. The molecule has 1 N–H and O–H groups in total. The van der Waals surface area contributed by atoms with Crippen LogP contribution in [0.5, 0.6) is 0 Å². The molecule has 0 bridgehead atoms. The number of hydrogen-bond donors (Lipinski definition) is 1. The Morgan fingerprint density at radius 1 is 1.23 bits per heavy atom. The fourth-order valence-corrected chi connectivity index (χ4v) is 4.46. The Balaban J connectivity index is 2.79. The van der Waals surface area contributed by atoms with Crippen molar-refractivity contribution in [2.24, 2.45) is 5.92 Å². The van der Waals surface area contributed by atoms with Gasteiger partial charge in [0.25, 0.3) is 0 Å². The van der Waals surface area contributed by atoms with Crippen LogP contribution in [0, 0.1) is 5.92 Å². The molecule has 122 valence electrons. The fourth-order valence-electron chi connectivity index (χ4n) is 1.91. The molecule has 0 unspecified atom stereocenters. The summed E-state index contributed by atoms with van der Waals surface area (Å²) in [5.74, 6) is 0.147. The first kappa shape index (κ1) is 18.7. The average molecular weight is 370 g/mol. The van der Waals surface area contributed by atoms with Gasteiger partial charge in [-0.3, -0.25) is 0 Å². The van der Waals surface area contributed by atoms with Gasteiger partial charge in [0.1, 0.15) is 0 Å². The van der Waals surface area contributed by atoms with Crippen LogP contribution in [0.2, 0.25) is 4.82 Å². The molecule has 4 nitrogen and oxygen atoms in total. The van der Waals surface area contributed by atoms with Crippen LogP contribution >= 0.6 is 0 Å². The van der Waals surface area contributed by atoms with E-state index in [9.17, 15) is 9.59 Å². The van der Waals surface area contributed by atoms with Crippen molar-refractivity contribution < 1.29 is 14.3 Å². The van der Waals surface area contributed by atoms with Crippen molar-refractivity contribution in [3.8, 4) is 0 Å². The van der Waals surface area contributed by atoms with E-state index in [1.807, 2.05) is 65.0 Å². The van der Waals surface area contributed by atoms with Gasteiger partial charge in [-0.2, -0.15) is 0 Å². The average Bonchev–Trinajstić information content (AvgIpc) is 2.41. The van der Waals surface area contributed by atoms with Gasteiger partial charge >= 0.3 is 139 Å². The fraction of sp³-hybridized carbons (Fsp3) is 0.529. The van der Waals surface area contributed by atoms with Crippen LogP contribution in [-0.2, 0) is 9.53 Å². The molecule has 0 aromatic heterocycles. The molecule has 1 rings (SSSR count). The monoisotopic (exact) mass is 371 g/mol. The number of nitrogens with one attached hydrogen (secondary N) is 1. The summed E-state index contributed by atoms with van der Waals surface area (Å²) < 4.78 is 6.45. The Morgan fingerprint density at radius 3 is 2.27 bits per heavy atom. The van der Waals surface area contributed by atoms with Gasteiger partial charge in [-0.25, -0.2) is 0 Å². The van der Waals surface area contributed by atoms with E-state index < -0.39 is 11.7 Å². The number of rotatable bonds is 6. The number of benzene rings is 1. The molecule has 0 saturated carbocycles. The normalized spacial score (nSPS) is 14.3. The maximum absolute atomic E-state index is 12.0. The number of hydrogen-bond acceptors (Lipinski definition) is 3. The standard InChI is InChI=1S/C17H25NO3Se/c1-12(2)15(18-16(20)21-17(3,4)5)14(11-19)22-13-9-7-6-8-10-13/h6-12,14-15H,1-5H3,(H,18,20)/t14-,15-/m0/s1. The second-order valence-electron chi connectivity index (χ2n) is 6.45. The first-order chi connectivity index (χ1) is 10.2. The molecule has 0 aliphatic rings. The summed E-state index contributed by atoms with van der Waals surface area (Å²) in [5, 5.41) is 2.87. The van der Waals surface area contributed by atoms with E-state index in [4.69, 9.17) is 4.74 Å². The molecular weight excluding hydrogens is 345 g/mol. The van der Waals surface area contributed by atoms with Crippen LogP contribution in [0.1, 0.15) is 34.6 Å². The zero-order valence-corrected chi connectivity index (χ0v) is 15.5. The van der Waals surface area contributed by atoms with Crippen LogP contribution in [0.4, 0.5) is 4.79 Å². The van der Waals surface area contributed by atoms with Crippen LogP contribution in [0.15, 0.2) is 30.3 Å². The third-order valence-electron chi connectivity index (χ3n) is 2.91. The molecule has 2 atom stereocenters. The molecule has 0 radical (unpaired) electrons. The zero-order valence-electron chi connectivity index (χ0n) is 13.8. The van der Waals surface area contributed by atoms with Crippen molar-refractivity contribution in [2.75, 3.05) is 0 Å². The second kappa shape index (κ2) is 8.35. The maximum atomic E-state index is 12.0. The van der Waals surface area contributed by atoms with Gasteiger partial charge in [-0.1, -0.05) is 0 Å². The van der Waals surface area contributed by atoms with E-state index in [1.165, 1.54) is 0 Å². The van der Waals surface area contributed by atoms with Gasteiger partial charge in [-0.15, -0.1) is 0 Å². The van der Waals surface area contributed by atoms with E-state index in [0.717, 1.165) is 10.7 Å². The first-order valence-corrected chi connectivity index (χ1v) is 9.24. The van der Waals surface area contributed by atoms with Crippen molar-refractivity contribution in [3.05, 3.63) is 30.3 Å². The van der Waals surface area contributed by atoms with Crippen molar-refractivity contribution in [2.45, 2.75) is 51.1 Å². The molecule has 1 aromatic rings. The Hall–Kier alpha value is -1.32. The molecule has 0 fully saturated rings. The minimum absolute atomic E-state index is 0.0348. The predicted molar refractivity (Wildman–Crippen MR) is 89.6 cm³/mol. The SMILES string of the molecule is CC(C)[C@H](NC(=O)OC(C)(C)C)[C@H](C=O)[Se]c1ccccc1. The zero-order chi connectivity index (χ0) is 16.8. The predicted octanol–water partition coefficient (Wildman–Crippen LogP) is 2.55. The molecule has 0 aliphatic carbocycles. The quantitative estimate of drug-likeness (QED) is 0.619. The van der Waals surface area contributed by atoms with Crippen LogP contribution < -0.4 is 9.78 Å². The van der Waals surface area contributed by atoms with Crippen molar-refractivity contribution >= 4 is 31.8 Å². The number of aldehydes is 1. The molecule has 1 aromatic carbocycles. The summed E-state index contributed by atoms with van der Waals surface area (Å²) in [6.45, 7) is 9.46. The van der Waals surface area contributed by atoms with E-state index in [-0.39, 0.29) is 31.7 Å². The molecule has 1 amide bonds. The van der Waals surface area contributed by atoms with Crippen LogP contribution in [0.3, 0.4) is 0 Å². The Labute approximate surface area is 139 Å². The van der Waals surface area contributed by atoms with E-state index in [0.29, 0.717) is 0 Å². The summed E-state index contributed by atoms with van der Waals surface area (Å²) in [5.41, 5.74) is -0.549. The van der Waals surface area contributed by atoms with Gasteiger partial charge in [0.15, 0.2) is 0 Å². The van der Waals surface area contributed by atoms with Crippen molar-refractivity contribution in [1.29, 1.82) is 0 Å². The number of alkyl carbamates (subject to hydrolysis) is 1. The van der Waals surface area contributed by atoms with Gasteiger partial charge in [0.05, 0.1) is 0 Å². The Kier molecular flexibility index (Phi) is 7.11. The van der Waals surface area contributed by atoms with Crippen molar-refractivity contribution in [1.82, 2.24) is 5.32 Å². The summed E-state index contributed by atoms with van der Waals surface area (Å²) in [6.07, 6.45) is 0.483. The van der Waals surface area contributed by atoms with Crippen LogP contribution in [-0.4, -0.2) is 39.0 Å². The number of amides is 1. The topological polar surface area (TPSA) is 55.4 Å². The Bertz CT molecular complexity index is 482. The van der Waals surface area contributed by atoms with Crippen molar-refractivity contribution in [3.63, 3.8) is 0 Å². The van der Waals surface area contributed by atoms with Gasteiger partial charge < -0.3 is 0 Å². The van der Waals surface area contributed by atoms with Gasteiger partial charge in [0.2, 0.25) is 0 Å². The molecular formula is C17H25NO3Se. The van der Waals surface area contributed by atoms with Gasteiger partial charge in [0, 0.05) is 0 Å². The third kappa shape index (κ3) is 6.63. The van der Waals surface area contributed by atoms with Gasteiger partial charge in [-0.05, 0) is 0 Å². The molecule has 22 heavy (non-hydrogen) atoms. The molecule has 0 aliphatic heterocycles. The van der Waals surface area contributed by atoms with Crippen LogP contribution in [0.25, 0.3) is 0 Å². The molecule has 5 heteroatoms. The number of carbonyl (C=O) groups excluding carboxylic acids is 2. The summed E-state index contributed by atoms with van der Waals surface area (Å²) in [6, 6.07) is 9.68. The molecule has 0 spiro atoms. The van der Waals surface area contributed by atoms with E-state index >= 15 is 0 Å². The Morgan fingerprint density at radius 2 is 1.82 bits per heavy atom. The summed E-state index contributed by atoms with van der Waals surface area (Å²) in [7, 11) is 0. The van der Waals surface area contributed by atoms with E-state index in [2.05, 4.69) is 5.32 Å². The molecule has 0 heterocycles.